The molecule has 16 N–H and O–H groups in total. The van der Waals surface area contributed by atoms with Crippen LogP contribution in [-0.2, 0) is 100 Å². The molecule has 0 spiro atoms. The number of benzene rings is 4. The molecule has 38 heteroatoms. The van der Waals surface area contributed by atoms with Gasteiger partial charge in [0.1, 0.15) is 72.8 Å². The highest BCUT2D eigenvalue weighted by atomic mass is 33.1. The molecule has 2 aliphatic heterocycles. The molecule has 3 heterocycles. The number of esters is 1. The number of amides is 9. The highest BCUT2D eigenvalue weighted by Crippen LogP contribution is 2.62. The Morgan fingerprint density at radius 2 is 1.35 bits per heavy atom. The first-order valence-electron chi connectivity index (χ1n) is 43.4. The van der Waals surface area contributed by atoms with Crippen molar-refractivity contribution in [2.24, 2.45) is 28.4 Å². The third-order valence-electron chi connectivity index (χ3n) is 24.6. The largest absolute Gasteiger partial charge is 0.509 e. The minimum Gasteiger partial charge on any atom is -0.455 e. The van der Waals surface area contributed by atoms with Crippen LogP contribution in [0.25, 0.3) is 10.9 Å². The first-order valence-corrected chi connectivity index (χ1v) is 48.3. The number of alkyl carbamates (subject to hydrolysis) is 1. The van der Waals surface area contributed by atoms with Crippen molar-refractivity contribution in [3.8, 4) is 0 Å². The van der Waals surface area contributed by atoms with Gasteiger partial charge in [0.15, 0.2) is 5.78 Å². The SMILES string of the molecule is CO[C@H]1C(=O)[C@]2(C)[C@@H](OC)C[C@H]3OCC3[C@H]2C[C@]2(O)C[C@H](OC(=O)[C@H](OC(=O)OCCSSCCC(=O)N[C@H](Cc3ccccc3)C(=O)N[C@H]3CSSC[C@@H](C(=O)N[C@H](CO)[C@@H](C)O)NC(=O)[C@H]([C@@H](C)O)NC(=O)[C@H](CCCCN)NC(=O)[C@@H](Cc4c[nH]c5ccccc45)NC(=O)[C@H](Cc4ccccc4)NC3=O)[C@@H](NC(=O)OC(C)(C)C)c3ccccc3)C(C)=C1C2(C)C. The molecule has 4 fully saturated rings. The van der Waals surface area contributed by atoms with Crippen molar-refractivity contribution in [2.75, 3.05) is 63.6 Å². The molecule has 3 aliphatic carbocycles. The van der Waals surface area contributed by atoms with Gasteiger partial charge in [-0.25, -0.2) is 14.4 Å². The second-order valence-corrected chi connectivity index (χ2v) is 40.3. The predicted octanol–water partition coefficient (Wildman–Crippen LogP) is 5.34. The van der Waals surface area contributed by atoms with E-state index >= 15 is 28.8 Å². The molecule has 129 heavy (non-hydrogen) atoms. The Balaban J connectivity index is 0.861. The lowest BCUT2D eigenvalue weighted by Crippen LogP contribution is -2.69. The van der Waals surface area contributed by atoms with Crippen LogP contribution in [0.4, 0.5) is 9.59 Å². The monoisotopic (exact) mass is 1870 g/mol. The zero-order valence-electron chi connectivity index (χ0n) is 74.4. The third kappa shape index (κ3) is 26.3. The number of fused-ring (bicyclic) bond motifs is 6. The number of nitrogens with two attached hydrogens (primary N) is 1. The van der Waals surface area contributed by atoms with Crippen LogP contribution in [0.2, 0.25) is 0 Å². The number of aliphatic hydroxyl groups is 4. The Hall–Kier alpha value is -9.32. The van der Waals surface area contributed by atoms with Gasteiger partial charge in [-0.15, -0.1) is 0 Å². The summed E-state index contributed by atoms with van der Waals surface area (Å²) in [4.78, 5) is 180. The van der Waals surface area contributed by atoms with Gasteiger partial charge in [-0.2, -0.15) is 0 Å². The van der Waals surface area contributed by atoms with Gasteiger partial charge < -0.3 is 112 Å². The quantitative estimate of drug-likeness (QED) is 0.00828. The number of ether oxygens (including phenoxy) is 7. The van der Waals surface area contributed by atoms with Gasteiger partial charge in [-0.1, -0.05) is 166 Å². The number of Topliss-reactive ketones (excluding diaryl/α,β-unsaturated/α-hetero) is 1. The molecule has 0 radical (unpaired) electrons. The molecule has 20 atom stereocenters. The lowest BCUT2D eigenvalue weighted by Gasteiger charge is -2.63. The molecule has 704 valence electrons. The molecule has 34 nitrogen and oxygen atoms in total. The molecule has 5 aromatic rings. The van der Waals surface area contributed by atoms with Gasteiger partial charge in [0, 0.05) is 104 Å². The first kappa shape index (κ1) is 102. The zero-order valence-corrected chi connectivity index (χ0v) is 77.7. The number of para-hydroxylation sites is 1. The molecule has 5 aliphatic rings. The fourth-order valence-corrected chi connectivity index (χ4v) is 21.5. The summed E-state index contributed by atoms with van der Waals surface area (Å²) in [5, 5.41) is 70.3. The van der Waals surface area contributed by atoms with Crippen LogP contribution in [0, 0.1) is 22.7 Å². The molecule has 1 aromatic heterocycles. The number of aromatic nitrogens is 1. The van der Waals surface area contributed by atoms with Gasteiger partial charge in [-0.05, 0) is 126 Å². The summed E-state index contributed by atoms with van der Waals surface area (Å²) in [6.45, 7) is 14.3. The number of carbonyl (C=O) groups is 12. The minimum atomic E-state index is -1.98. The molecule has 2 saturated heterocycles. The number of carbonyl (C=O) groups excluding carboxylic acids is 12. The smallest absolute Gasteiger partial charge is 0.455 e. The van der Waals surface area contributed by atoms with E-state index in [1.54, 1.807) is 138 Å². The summed E-state index contributed by atoms with van der Waals surface area (Å²) < 4.78 is 41.8. The van der Waals surface area contributed by atoms with Crippen molar-refractivity contribution in [3.63, 3.8) is 0 Å². The van der Waals surface area contributed by atoms with Crippen molar-refractivity contribution in [1.29, 1.82) is 0 Å². The summed E-state index contributed by atoms with van der Waals surface area (Å²) in [6, 6.07) is 19.5. The molecule has 2 bridgehead atoms. The van der Waals surface area contributed by atoms with E-state index in [1.807, 2.05) is 39.0 Å². The number of aromatic amines is 1. The van der Waals surface area contributed by atoms with Crippen LogP contribution in [0.15, 0.2) is 133 Å². The van der Waals surface area contributed by atoms with Crippen molar-refractivity contribution < 1.29 is 111 Å². The van der Waals surface area contributed by atoms with E-state index in [0.29, 0.717) is 63.8 Å². The van der Waals surface area contributed by atoms with Gasteiger partial charge in [-0.3, -0.25) is 43.2 Å². The number of nitrogens with one attached hydrogen (secondary N) is 10. The number of hydrogen-bond acceptors (Lipinski definition) is 28. The fraction of sp³-hybridized carbons (Fsp3) is 0.560. The number of H-pyrrole nitrogens is 1. The van der Waals surface area contributed by atoms with Crippen molar-refractivity contribution in [2.45, 2.75) is 235 Å². The Labute approximate surface area is 766 Å². The van der Waals surface area contributed by atoms with Crippen LogP contribution in [0.5, 0.6) is 0 Å². The zero-order chi connectivity index (χ0) is 93.7. The van der Waals surface area contributed by atoms with Gasteiger partial charge in [0.2, 0.25) is 53.4 Å². The number of unbranched alkanes of at least 4 members (excludes halogenated alkanes) is 1. The molecule has 2 saturated carbocycles. The molecule has 4 aromatic carbocycles. The van der Waals surface area contributed by atoms with Crippen LogP contribution in [0.3, 0.4) is 0 Å². The number of aliphatic hydroxyl groups excluding tert-OH is 3. The Kier molecular flexibility index (Phi) is 36.8. The highest BCUT2D eigenvalue weighted by Gasteiger charge is 2.68. The highest BCUT2D eigenvalue weighted by molar-refractivity contribution is 8.77. The minimum absolute atomic E-state index is 0.0358. The van der Waals surface area contributed by atoms with Crippen LogP contribution < -0.4 is 53.6 Å². The van der Waals surface area contributed by atoms with Crippen molar-refractivity contribution >= 4 is 125 Å². The predicted molar refractivity (Wildman–Crippen MR) is 487 cm³/mol. The normalized spacial score (nSPS) is 26.7. The van der Waals surface area contributed by atoms with Gasteiger partial charge >= 0.3 is 18.2 Å². The Morgan fingerprint density at radius 1 is 0.721 bits per heavy atom. The molecule has 10 rings (SSSR count). The molecular weight excluding hydrogens is 1740 g/mol. The summed E-state index contributed by atoms with van der Waals surface area (Å²) in [6.07, 6.45) is -8.30. The average Bonchev–Trinajstić information content (AvgIpc) is 1.03. The second-order valence-electron chi connectivity index (χ2n) is 35.0. The summed E-state index contributed by atoms with van der Waals surface area (Å²) in [5.41, 5.74) is 4.56. The van der Waals surface area contributed by atoms with E-state index in [9.17, 15) is 49.2 Å². The van der Waals surface area contributed by atoms with Crippen LogP contribution >= 0.6 is 43.2 Å². The molecular formula is C91H123N11O23S4. The standard InChI is InChI=1S/C91H123N11O23S4/c1-50-69(44-91(118)43-59-58-47-122-68(58)42-70(119-10)90(59,9)77(107)75(120-11)72(50)89(91,7)8)123-85(115)76(74(55-29-19-14-20-30-55)102-86(116)125-88(4,5)6)124-87(117)121-36-38-127-126-37-34-71(106)94-62(39-53-25-15-12-16-26-53)79(109)99-66-48-128-129-49-67(83(113)98-65(46-103)51(2)104)100-84(114)73(52(3)105)101-78(108)61(33-23-24-35-92)95-81(111)64(41-56-45-93-60-32-22-21-31-57(56)60)97-80(110)63(96-82(66)112)40-54-27-17-13-18-28-54/h12-22,25-32,45,51-52,58-59,61-70,73-76,93,103-105,118H,23-24,33-44,46-49,92H2,1-11H3,(H,94,106)(H,95,111)(H,96,112)(H,97,110)(H,98,113)(H,99,109)(H,100,114)(H,101,108)(H,102,116)/t51-,52-,58?,59-,61+,62-,63+,64-,65-,66+,67+,68-,69+,70+,73+,74+,75-,76-,90+,91+/m1/s1. The number of rotatable bonds is 33. The van der Waals surface area contributed by atoms with E-state index in [1.165, 1.54) is 42.5 Å². The maximum absolute atomic E-state index is 15.4. The first-order chi connectivity index (χ1) is 61.4. The number of hydrogen-bond donors (Lipinski definition) is 15. The van der Waals surface area contributed by atoms with Gasteiger partial charge in [0.05, 0.1) is 54.7 Å². The second kappa shape index (κ2) is 46.7. The van der Waals surface area contributed by atoms with Crippen molar-refractivity contribution in [1.82, 2.24) is 52.8 Å². The topological polar surface area (TPSA) is 500 Å². The number of methoxy groups -OCH3 is 2. The van der Waals surface area contributed by atoms with Gasteiger partial charge in [0.25, 0.3) is 0 Å². The van der Waals surface area contributed by atoms with E-state index in [-0.39, 0.29) is 105 Å². The Morgan fingerprint density at radius 3 is 1.98 bits per heavy atom. The maximum atomic E-state index is 15.4. The van der Waals surface area contributed by atoms with E-state index in [0.717, 1.165) is 21.6 Å². The Bertz CT molecular complexity index is 4740. The summed E-state index contributed by atoms with van der Waals surface area (Å²) in [7, 11) is 7.27. The molecule has 9 amide bonds. The third-order valence-corrected chi connectivity index (χ3v) is 29.4. The fourth-order valence-electron chi connectivity index (χ4n) is 17.3. The van der Waals surface area contributed by atoms with E-state index in [2.05, 4.69) is 52.8 Å². The lowest BCUT2D eigenvalue weighted by molar-refractivity contribution is -0.247. The van der Waals surface area contributed by atoms with Crippen LogP contribution in [0.1, 0.15) is 136 Å². The van der Waals surface area contributed by atoms with E-state index in [4.69, 9.17) is 38.9 Å². The maximum Gasteiger partial charge on any atom is 0.509 e. The number of ketones is 1. The summed E-state index contributed by atoms with van der Waals surface area (Å²) in [5.74, 6) is -9.31. The van der Waals surface area contributed by atoms with Crippen LogP contribution in [-0.4, -0.2) is 263 Å². The summed E-state index contributed by atoms with van der Waals surface area (Å²) >= 11 is 0. The average molecular weight is 1870 g/mol. The lowest BCUT2D eigenvalue weighted by atomic mass is 9.47. The van der Waals surface area contributed by atoms with E-state index < -0.39 is 191 Å². The molecule has 1 unspecified atom stereocenters. The van der Waals surface area contributed by atoms with Crippen molar-refractivity contribution in [3.05, 3.63) is 155 Å².